The molecule has 1 saturated heterocycles. The van der Waals surface area contributed by atoms with Gasteiger partial charge in [0.05, 0.1) is 7.11 Å². The highest BCUT2D eigenvalue weighted by Gasteiger charge is 2.26. The quantitative estimate of drug-likeness (QED) is 0.584. The van der Waals surface area contributed by atoms with Gasteiger partial charge < -0.3 is 9.64 Å². The largest absolute Gasteiger partial charge is 0.467 e. The highest BCUT2D eigenvalue weighted by atomic mass is 16.5. The molecule has 2 rings (SSSR count). The van der Waals surface area contributed by atoms with Crippen LogP contribution in [0.1, 0.15) is 26.2 Å². The van der Waals surface area contributed by atoms with E-state index in [0.717, 1.165) is 19.4 Å². The minimum atomic E-state index is 0.282. The maximum atomic E-state index is 5.33. The molecule has 0 bridgehead atoms. The Labute approximate surface area is 100 Å². The van der Waals surface area contributed by atoms with Gasteiger partial charge in [-0.1, -0.05) is 6.92 Å². The Kier molecular flexibility index (Phi) is 3.58. The van der Waals surface area contributed by atoms with E-state index in [-0.39, 0.29) is 6.01 Å². The molecular weight excluding hydrogens is 220 g/mol. The van der Waals surface area contributed by atoms with Crippen LogP contribution in [0.3, 0.4) is 0 Å². The van der Waals surface area contributed by atoms with Crippen LogP contribution in [0.2, 0.25) is 0 Å². The van der Waals surface area contributed by atoms with Crippen molar-refractivity contribution in [2.24, 2.45) is 5.84 Å². The van der Waals surface area contributed by atoms with E-state index in [2.05, 4.69) is 32.2 Å². The molecule has 0 spiro atoms. The summed E-state index contributed by atoms with van der Waals surface area (Å²) >= 11 is 0. The number of nitrogens with two attached hydrogens (primary N) is 1. The molecule has 94 valence electrons. The minimum absolute atomic E-state index is 0.282. The van der Waals surface area contributed by atoms with E-state index < -0.39 is 0 Å². The maximum absolute atomic E-state index is 5.33. The van der Waals surface area contributed by atoms with E-state index >= 15 is 0 Å². The van der Waals surface area contributed by atoms with Crippen molar-refractivity contribution in [2.75, 3.05) is 24.0 Å². The summed E-state index contributed by atoms with van der Waals surface area (Å²) in [6.07, 6.45) is 3.42. The zero-order chi connectivity index (χ0) is 12.3. The van der Waals surface area contributed by atoms with Crippen LogP contribution in [0.5, 0.6) is 6.01 Å². The molecule has 7 nitrogen and oxygen atoms in total. The highest BCUT2D eigenvalue weighted by Crippen LogP contribution is 2.25. The molecule has 7 heteroatoms. The Bertz CT molecular complexity index is 363. The van der Waals surface area contributed by atoms with Gasteiger partial charge in [-0.15, -0.1) is 0 Å². The lowest BCUT2D eigenvalue weighted by molar-refractivity contribution is 0.378. The van der Waals surface area contributed by atoms with Crippen molar-refractivity contribution in [3.8, 4) is 6.01 Å². The summed E-state index contributed by atoms with van der Waals surface area (Å²) in [5, 5.41) is 0. The first-order valence-electron chi connectivity index (χ1n) is 5.81. The number of ether oxygens (including phenoxy) is 1. The molecule has 0 radical (unpaired) electrons. The third-order valence-electron chi connectivity index (χ3n) is 3.02. The van der Waals surface area contributed by atoms with Crippen LogP contribution in [-0.2, 0) is 0 Å². The zero-order valence-corrected chi connectivity index (χ0v) is 10.2. The first-order chi connectivity index (χ1) is 8.28. The van der Waals surface area contributed by atoms with E-state index in [0.29, 0.717) is 17.9 Å². The molecule has 1 atom stereocenters. The van der Waals surface area contributed by atoms with Crippen LogP contribution in [0.25, 0.3) is 0 Å². The molecule has 1 aliphatic rings. The lowest BCUT2D eigenvalue weighted by Crippen LogP contribution is -2.30. The van der Waals surface area contributed by atoms with Crippen molar-refractivity contribution < 1.29 is 4.74 Å². The normalized spacial score (nSPS) is 19.5. The number of nitrogen functional groups attached to an aromatic ring is 1. The van der Waals surface area contributed by atoms with Crippen LogP contribution >= 0.6 is 0 Å². The number of hydrogen-bond donors (Lipinski definition) is 2. The van der Waals surface area contributed by atoms with Gasteiger partial charge in [-0.05, 0) is 19.3 Å². The molecule has 2 heterocycles. The fourth-order valence-electron chi connectivity index (χ4n) is 2.15. The van der Waals surface area contributed by atoms with Gasteiger partial charge in [0.2, 0.25) is 11.9 Å². The Morgan fingerprint density at radius 3 is 2.94 bits per heavy atom. The van der Waals surface area contributed by atoms with E-state index in [1.807, 2.05) is 0 Å². The first kappa shape index (κ1) is 11.8. The van der Waals surface area contributed by atoms with Gasteiger partial charge in [0.15, 0.2) is 0 Å². The standard InChI is InChI=1S/C10H18N6O/c1-3-7-5-4-6-16(7)9-12-8(15-11)13-10(14-9)17-2/h7H,3-6,11H2,1-2H3,(H,12,13,14,15). The van der Waals surface area contributed by atoms with Gasteiger partial charge in [0.25, 0.3) is 0 Å². The number of hydrogen-bond acceptors (Lipinski definition) is 7. The molecule has 1 aromatic rings. The van der Waals surface area contributed by atoms with Crippen LogP contribution in [-0.4, -0.2) is 34.6 Å². The molecule has 1 aliphatic heterocycles. The fourth-order valence-corrected chi connectivity index (χ4v) is 2.15. The molecule has 1 unspecified atom stereocenters. The third kappa shape index (κ3) is 2.38. The van der Waals surface area contributed by atoms with E-state index in [4.69, 9.17) is 10.6 Å². The van der Waals surface area contributed by atoms with Gasteiger partial charge in [-0.3, -0.25) is 5.43 Å². The van der Waals surface area contributed by atoms with Crippen molar-refractivity contribution in [1.82, 2.24) is 15.0 Å². The number of aromatic nitrogens is 3. The molecule has 1 aromatic heterocycles. The summed E-state index contributed by atoms with van der Waals surface area (Å²) in [6.45, 7) is 3.14. The molecule has 3 N–H and O–H groups in total. The van der Waals surface area contributed by atoms with Crippen LogP contribution in [0.15, 0.2) is 0 Å². The average Bonchev–Trinajstić information content (AvgIpc) is 2.86. The Morgan fingerprint density at radius 1 is 1.47 bits per heavy atom. The second kappa shape index (κ2) is 5.13. The van der Waals surface area contributed by atoms with Gasteiger partial charge in [0.1, 0.15) is 0 Å². The molecule has 1 fully saturated rings. The van der Waals surface area contributed by atoms with Crippen molar-refractivity contribution in [1.29, 1.82) is 0 Å². The predicted molar refractivity (Wildman–Crippen MR) is 64.8 cm³/mol. The first-order valence-corrected chi connectivity index (χ1v) is 5.81. The lowest BCUT2D eigenvalue weighted by Gasteiger charge is -2.23. The number of rotatable bonds is 4. The SMILES string of the molecule is CCC1CCCN1c1nc(NN)nc(OC)n1. The molecule has 0 aliphatic carbocycles. The Morgan fingerprint density at radius 2 is 2.29 bits per heavy atom. The number of hydrazine groups is 1. The number of nitrogens with one attached hydrogen (secondary N) is 1. The number of nitrogens with zero attached hydrogens (tertiary/aromatic N) is 4. The molecule has 17 heavy (non-hydrogen) atoms. The summed E-state index contributed by atoms with van der Waals surface area (Å²) in [7, 11) is 1.53. The second-order valence-electron chi connectivity index (χ2n) is 3.99. The molecule has 0 aromatic carbocycles. The van der Waals surface area contributed by atoms with E-state index in [1.165, 1.54) is 13.5 Å². The topological polar surface area (TPSA) is 89.2 Å². The summed E-state index contributed by atoms with van der Waals surface area (Å²) in [5.74, 6) is 6.29. The van der Waals surface area contributed by atoms with Gasteiger partial charge in [-0.2, -0.15) is 15.0 Å². The smallest absolute Gasteiger partial charge is 0.322 e. The van der Waals surface area contributed by atoms with Gasteiger partial charge in [0, 0.05) is 12.6 Å². The van der Waals surface area contributed by atoms with Crippen LogP contribution in [0.4, 0.5) is 11.9 Å². The lowest BCUT2D eigenvalue weighted by atomic mass is 10.2. The summed E-state index contributed by atoms with van der Waals surface area (Å²) in [5.41, 5.74) is 2.43. The predicted octanol–water partition coefficient (Wildman–Crippen LogP) is 0.545. The van der Waals surface area contributed by atoms with E-state index in [1.54, 1.807) is 0 Å². The van der Waals surface area contributed by atoms with Crippen molar-refractivity contribution in [2.45, 2.75) is 32.2 Å². The van der Waals surface area contributed by atoms with Gasteiger partial charge >= 0.3 is 6.01 Å². The summed E-state index contributed by atoms with van der Waals surface area (Å²) in [6, 6.07) is 0.775. The van der Waals surface area contributed by atoms with Crippen LogP contribution in [0, 0.1) is 0 Å². The van der Waals surface area contributed by atoms with Gasteiger partial charge in [-0.25, -0.2) is 5.84 Å². The minimum Gasteiger partial charge on any atom is -0.467 e. The van der Waals surface area contributed by atoms with E-state index in [9.17, 15) is 0 Å². The molecule has 0 saturated carbocycles. The summed E-state index contributed by atoms with van der Waals surface area (Å²) < 4.78 is 5.04. The number of methoxy groups -OCH3 is 1. The summed E-state index contributed by atoms with van der Waals surface area (Å²) in [4.78, 5) is 14.7. The Hall–Kier alpha value is -1.63. The number of anilines is 2. The third-order valence-corrected chi connectivity index (χ3v) is 3.02. The maximum Gasteiger partial charge on any atom is 0.322 e. The molecular formula is C10H18N6O. The zero-order valence-electron chi connectivity index (χ0n) is 10.2. The van der Waals surface area contributed by atoms with Crippen LogP contribution < -0.4 is 20.9 Å². The van der Waals surface area contributed by atoms with Crippen molar-refractivity contribution in [3.05, 3.63) is 0 Å². The monoisotopic (exact) mass is 238 g/mol. The fraction of sp³-hybridized carbons (Fsp3) is 0.700. The van der Waals surface area contributed by atoms with Crippen molar-refractivity contribution >= 4 is 11.9 Å². The molecule has 0 amide bonds. The average molecular weight is 238 g/mol. The highest BCUT2D eigenvalue weighted by molar-refractivity contribution is 5.39. The van der Waals surface area contributed by atoms with Crippen molar-refractivity contribution in [3.63, 3.8) is 0 Å². The second-order valence-corrected chi connectivity index (χ2v) is 3.99. The Balaban J connectivity index is 2.30.